The number of nitrogen functional groups attached to an aromatic ring is 3. The molecule has 6 saturated carbocycles. The van der Waals surface area contributed by atoms with Gasteiger partial charge in [0.2, 0.25) is 5.24 Å². The summed E-state index contributed by atoms with van der Waals surface area (Å²) in [5.74, 6) is 5.27. The smallest absolute Gasteiger partial charge is 0.260 e. The van der Waals surface area contributed by atoms with E-state index in [2.05, 4.69) is 208 Å². The molecule has 6 unspecified atom stereocenters. The standard InChI is InChI=1S/C33H49N7O.C31H46ClN3O.CH3N5.CH4.I3/c1-28(2)12-14-33(24(41)16-25-35-39-40-36-25)15-13-31(6)20(21(33)18-28)8-9-23-30(5)17-19-26(37-38-27(19)34)29(3,4)22(30)10-11-32(23,31)7;1-26(2)12-14-31(25(32)36)15-13-29(6)19(20(31)17-26)8-9-22-28(5)16-18-23(34-35-24(18)33)27(3,4)21(28)10-11-30(22,29)7;2-1-3-5-6-4-1;;1-3-2/h8,21-23H,9-18H2,1-7H3,(H3,34,37,38)(H,35,36,39,40);8,20-22H,9-17H2,1-7H3,(H3,33,34,35);(H3,2,3,4,5,6);1H4;/q;;;;-1/t21?,22?,23?,30-,31+,32+,33-;20?,21?,22?,28-,29+,30+,31-;;;/m00.../s1. The second-order valence-electron chi connectivity index (χ2n) is 33.0. The van der Waals surface area contributed by atoms with Crippen molar-refractivity contribution in [3.63, 3.8) is 0 Å². The summed E-state index contributed by atoms with van der Waals surface area (Å²) in [7, 11) is 0. The molecule has 14 rings (SSSR count). The van der Waals surface area contributed by atoms with Crippen LogP contribution in [0.5, 0.6) is 0 Å². The molecule has 0 saturated heterocycles. The summed E-state index contributed by atoms with van der Waals surface area (Å²) >= 11 is 11.8. The van der Waals surface area contributed by atoms with E-state index in [0.29, 0.717) is 60.2 Å². The largest absolute Gasteiger partial charge is 0.365 e. The molecule has 0 bridgehead atoms. The van der Waals surface area contributed by atoms with Gasteiger partial charge in [-0.05, 0) is 211 Å². The molecule has 482 valence electrons. The van der Waals surface area contributed by atoms with E-state index in [1.54, 1.807) is 11.1 Å². The number of ketones is 1. The van der Waals surface area contributed by atoms with Crippen molar-refractivity contribution in [1.29, 1.82) is 0 Å². The molecule has 17 nitrogen and oxygen atoms in total. The van der Waals surface area contributed by atoms with Gasteiger partial charge in [0.1, 0.15) is 17.4 Å². The second-order valence-corrected chi connectivity index (χ2v) is 49.6. The molecule has 21 heteroatoms. The summed E-state index contributed by atoms with van der Waals surface area (Å²) in [6.07, 6.45) is 25.0. The molecule has 0 spiro atoms. The van der Waals surface area contributed by atoms with Crippen molar-refractivity contribution in [1.82, 2.24) is 61.6 Å². The number of hydrogen-bond acceptors (Lipinski definition) is 13. The number of hydrogen-bond donors (Lipinski definition) is 7. The Bertz CT molecular complexity index is 3300. The first-order valence-electron chi connectivity index (χ1n) is 32.0. The van der Waals surface area contributed by atoms with Gasteiger partial charge < -0.3 is 17.2 Å². The quantitative estimate of drug-likeness (QED) is 0.0569. The van der Waals surface area contributed by atoms with Crippen LogP contribution in [0.25, 0.3) is 0 Å². The van der Waals surface area contributed by atoms with Crippen LogP contribution in [-0.2, 0) is 39.7 Å². The number of H-pyrrole nitrogens is 4. The van der Waals surface area contributed by atoms with E-state index in [1.165, 1.54) is 48.2 Å². The average molecular weight is 1550 g/mol. The summed E-state index contributed by atoms with van der Waals surface area (Å²) < 4.78 is 0. The third kappa shape index (κ3) is 10.1. The zero-order valence-electron chi connectivity index (χ0n) is 53.7. The number of nitrogens with two attached hydrogens (primary N) is 3. The van der Waals surface area contributed by atoms with Gasteiger partial charge >= 0.3 is 50.5 Å². The molecule has 14 atom stereocenters. The van der Waals surface area contributed by atoms with Gasteiger partial charge in [-0.25, -0.2) is 0 Å². The number of aromatic amines is 4. The van der Waals surface area contributed by atoms with E-state index in [9.17, 15) is 9.59 Å². The van der Waals surface area contributed by atoms with Crippen LogP contribution in [0.15, 0.2) is 23.3 Å². The molecule has 0 aliphatic heterocycles. The number of tetrazole rings is 2. The molecule has 10 aliphatic carbocycles. The van der Waals surface area contributed by atoms with Crippen LogP contribution >= 0.6 is 48.8 Å². The van der Waals surface area contributed by atoms with E-state index in [0.717, 1.165) is 89.9 Å². The zero-order valence-corrected chi connectivity index (χ0v) is 60.9. The number of carbonyl (C=O) groups excluding carboxylic acids is 2. The van der Waals surface area contributed by atoms with Gasteiger partial charge in [0.25, 0.3) is 5.95 Å². The summed E-state index contributed by atoms with van der Waals surface area (Å²) in [5.41, 5.74) is 26.8. The number of anilines is 3. The van der Waals surface area contributed by atoms with Gasteiger partial charge in [0, 0.05) is 38.8 Å². The number of rotatable bonds is 4. The molecule has 4 aromatic heterocycles. The topological polar surface area (TPSA) is 278 Å². The van der Waals surface area contributed by atoms with E-state index in [1.807, 2.05) is 0 Å². The maximum absolute atomic E-state index is 14.2. The third-order valence-electron chi connectivity index (χ3n) is 27.8. The number of nitrogens with one attached hydrogen (secondary N) is 4. The van der Waals surface area contributed by atoms with Crippen molar-refractivity contribution in [3.05, 3.63) is 51.6 Å². The Balaban J connectivity index is 0.000000168. The van der Waals surface area contributed by atoms with Gasteiger partial charge in [-0.2, -0.15) is 20.6 Å². The van der Waals surface area contributed by atoms with Gasteiger partial charge in [-0.3, -0.25) is 19.8 Å². The summed E-state index contributed by atoms with van der Waals surface area (Å²) in [6.45, 7) is 34.7. The first kappa shape index (κ1) is 67.2. The number of halogens is 4. The molecule has 0 aromatic carbocycles. The Morgan fingerprint density at radius 2 is 0.989 bits per heavy atom. The minimum atomic E-state index is -0.361. The van der Waals surface area contributed by atoms with E-state index in [-0.39, 0.29) is 102 Å². The minimum Gasteiger partial charge on any atom is -0.365 e. The number of allylic oxidation sites excluding steroid dienone is 4. The molecule has 4 aromatic rings. The third-order valence-corrected chi connectivity index (χ3v) is 28.1. The van der Waals surface area contributed by atoms with Crippen molar-refractivity contribution in [2.75, 3.05) is 17.2 Å². The maximum Gasteiger partial charge on any atom is 0.260 e. The first-order valence-corrected chi connectivity index (χ1v) is 45.0. The Kier molecular flexibility index (Phi) is 17.6. The van der Waals surface area contributed by atoms with Crippen molar-refractivity contribution in [3.8, 4) is 0 Å². The Morgan fingerprint density at radius 3 is 1.39 bits per heavy atom. The minimum absolute atomic E-state index is 0. The second kappa shape index (κ2) is 22.8. The van der Waals surface area contributed by atoms with Crippen molar-refractivity contribution in [2.45, 2.75) is 237 Å². The van der Waals surface area contributed by atoms with E-state index in [4.69, 9.17) is 28.8 Å². The van der Waals surface area contributed by atoms with Crippen molar-refractivity contribution >= 4 is 77.4 Å². The fraction of sp³-hybridized carbons (Fsp3) is 0.788. The molecule has 10 N–H and O–H groups in total. The zero-order chi connectivity index (χ0) is 62.4. The molecule has 87 heavy (non-hydrogen) atoms. The molecule has 0 amide bonds. The first-order chi connectivity index (χ1) is 40.1. The SMILES string of the molecule is C.CC1(C)CC[C@]2(C(=O)Cc3nn[nH]n3)CC[C@]3(C)C(=CCC4[C@@]5(C)Cc6c(N)n[nH]c6C(C)(C)C5CC[C@]43C)C2C1.CC1(C)CC[C@]2(C(=O)Cl)CC[C@]3(C)C(=CCC4[C@@]5(C)Cc6c(N)n[nH]c6C(C)(C)C5CC[C@]43C)C2C1.I[I-]I.Nc1nn[nH]n1. The molecular formula is C66H102ClI3N15O2-. The van der Waals surface area contributed by atoms with Crippen LogP contribution in [0.3, 0.4) is 0 Å². The van der Waals surface area contributed by atoms with Gasteiger partial charge in [-0.15, -0.1) is 15.3 Å². The van der Waals surface area contributed by atoms with Crippen LogP contribution in [0.4, 0.5) is 17.6 Å². The molecule has 6 fully saturated rings. The predicted octanol–water partition coefficient (Wildman–Crippen LogP) is 11.9. The fourth-order valence-electron chi connectivity index (χ4n) is 23.0. The fourth-order valence-corrected chi connectivity index (χ4v) is 23.3. The summed E-state index contributed by atoms with van der Waals surface area (Å²) in [6, 6.07) is 0. The summed E-state index contributed by atoms with van der Waals surface area (Å²) in [5, 5.41) is 42.1. The van der Waals surface area contributed by atoms with Crippen LogP contribution in [0.2, 0.25) is 0 Å². The molecule has 10 aliphatic rings. The Hall–Kier alpha value is -2.74. The summed E-state index contributed by atoms with van der Waals surface area (Å²) in [4.78, 5) is 27.3. The van der Waals surface area contributed by atoms with E-state index >= 15 is 0 Å². The number of nitrogens with zero attached hydrogens (tertiary/aromatic N) is 8. The van der Waals surface area contributed by atoms with Gasteiger partial charge in [-0.1, -0.05) is 138 Å². The predicted molar refractivity (Wildman–Crippen MR) is 359 cm³/mol. The van der Waals surface area contributed by atoms with Crippen LogP contribution in [-0.4, -0.2) is 72.7 Å². The van der Waals surface area contributed by atoms with Gasteiger partial charge in [0.05, 0.1) is 11.8 Å². The maximum atomic E-state index is 14.2. The van der Waals surface area contributed by atoms with Crippen molar-refractivity contribution in [2.24, 2.45) is 89.7 Å². The normalized spacial score (nSPS) is 39.9. The molecular weight excluding hydrogens is 1450 g/mol. The van der Waals surface area contributed by atoms with Crippen molar-refractivity contribution < 1.29 is 22.8 Å². The van der Waals surface area contributed by atoms with Crippen LogP contribution in [0, 0.1) is 89.7 Å². The number of fused-ring (bicyclic) bond motifs is 16. The average Bonchev–Trinajstić information content (AvgIpc) is 0.998. The molecule has 0 radical (unpaired) electrons. The Morgan fingerprint density at radius 1 is 0.575 bits per heavy atom. The molecule has 4 heterocycles. The van der Waals surface area contributed by atoms with Crippen LogP contribution in [0.1, 0.15) is 235 Å². The monoisotopic (exact) mass is 1550 g/mol. The van der Waals surface area contributed by atoms with Gasteiger partial charge in [0.15, 0.2) is 5.82 Å². The number of carbonyl (C=O) groups is 2. The van der Waals surface area contributed by atoms with Crippen LogP contribution < -0.4 is 30.5 Å². The van der Waals surface area contributed by atoms with E-state index < -0.39 is 0 Å². The Labute approximate surface area is 552 Å². The number of Topliss-reactive ketones (excluding diaryl/α,β-unsaturated/α-hetero) is 1. The number of aromatic nitrogens is 12.